The number of alkyl halides is 2. The Kier molecular flexibility index (Phi) is 4.74. The van der Waals surface area contributed by atoms with Gasteiger partial charge in [0.2, 0.25) is 5.91 Å². The third-order valence-electron chi connectivity index (χ3n) is 5.59. The summed E-state index contributed by atoms with van der Waals surface area (Å²) in [5.74, 6) is -0.192. The molecule has 3 aromatic rings. The topological polar surface area (TPSA) is 80.1 Å². The van der Waals surface area contributed by atoms with Crippen LogP contribution < -0.4 is 5.32 Å². The van der Waals surface area contributed by atoms with Gasteiger partial charge in [0.05, 0.1) is 18.8 Å². The Morgan fingerprint density at radius 1 is 1.19 bits per heavy atom. The van der Waals surface area contributed by atoms with Crippen LogP contribution in [0.4, 0.5) is 10.2 Å². The predicted molar refractivity (Wildman–Crippen MR) is 120 cm³/mol. The number of hydrogen-bond acceptors (Lipinski definition) is 4. The maximum atomic E-state index is 13.6. The Morgan fingerprint density at radius 3 is 2.65 bits per heavy atom. The van der Waals surface area contributed by atoms with Crippen LogP contribution in [0.5, 0.6) is 0 Å². The number of carbonyl (C=O) groups excluding carboxylic acids is 2. The standard InChI is InChI=1S/C21H16Br2FN5O2/c1-11(30)28-8-9-29-15(10-28)16(18(27-29)12-2-4-13(24)5-3-12)14-6-7-25-19-17(14)21(22,23)20(31)26-19/h2-7H,8-10H2,1H3,(H,25,26,31). The molecule has 0 saturated carbocycles. The number of halogens is 3. The zero-order valence-electron chi connectivity index (χ0n) is 16.3. The molecule has 1 N–H and O–H groups in total. The lowest BCUT2D eigenvalue weighted by Gasteiger charge is -2.27. The minimum Gasteiger partial charge on any atom is -0.335 e. The average Bonchev–Trinajstić information content (AvgIpc) is 3.22. The maximum Gasteiger partial charge on any atom is 0.258 e. The lowest BCUT2D eigenvalue weighted by molar-refractivity contribution is -0.130. The molecule has 31 heavy (non-hydrogen) atoms. The second kappa shape index (κ2) is 7.23. The number of nitrogens with zero attached hydrogens (tertiary/aromatic N) is 4. The molecule has 0 bridgehead atoms. The van der Waals surface area contributed by atoms with Gasteiger partial charge in [0.1, 0.15) is 17.3 Å². The Morgan fingerprint density at radius 2 is 1.94 bits per heavy atom. The van der Waals surface area contributed by atoms with Crippen LogP contribution in [-0.4, -0.2) is 38.0 Å². The van der Waals surface area contributed by atoms with Gasteiger partial charge in [0, 0.05) is 36.4 Å². The molecule has 0 atom stereocenters. The number of carbonyl (C=O) groups is 2. The van der Waals surface area contributed by atoms with E-state index in [1.807, 2.05) is 10.7 Å². The number of nitrogens with one attached hydrogen (secondary N) is 1. The Hall–Kier alpha value is -2.59. The first-order chi connectivity index (χ1) is 14.8. The summed E-state index contributed by atoms with van der Waals surface area (Å²) < 4.78 is 14.3. The van der Waals surface area contributed by atoms with Crippen molar-refractivity contribution in [2.75, 3.05) is 11.9 Å². The Bertz CT molecular complexity index is 1240. The zero-order valence-corrected chi connectivity index (χ0v) is 19.5. The van der Waals surface area contributed by atoms with Crippen LogP contribution in [0, 0.1) is 5.82 Å². The summed E-state index contributed by atoms with van der Waals surface area (Å²) >= 11 is 6.98. The van der Waals surface area contributed by atoms with Gasteiger partial charge >= 0.3 is 0 Å². The van der Waals surface area contributed by atoms with Crippen molar-refractivity contribution in [3.05, 3.63) is 53.6 Å². The second-order valence-corrected chi connectivity index (χ2v) is 10.9. The summed E-state index contributed by atoms with van der Waals surface area (Å²) in [5.41, 5.74) is 4.43. The molecule has 0 unspecified atom stereocenters. The van der Waals surface area contributed by atoms with Crippen molar-refractivity contribution < 1.29 is 14.0 Å². The number of benzene rings is 1. The largest absolute Gasteiger partial charge is 0.335 e. The maximum absolute atomic E-state index is 13.6. The van der Waals surface area contributed by atoms with Gasteiger partial charge in [0.15, 0.2) is 3.23 Å². The summed E-state index contributed by atoms with van der Waals surface area (Å²) in [6, 6.07) is 7.96. The number of pyridine rings is 1. The van der Waals surface area contributed by atoms with E-state index < -0.39 is 3.23 Å². The van der Waals surface area contributed by atoms with Crippen molar-refractivity contribution in [2.24, 2.45) is 0 Å². The fourth-order valence-corrected chi connectivity index (χ4v) is 5.06. The van der Waals surface area contributed by atoms with Gasteiger partial charge in [-0.15, -0.1) is 0 Å². The summed E-state index contributed by atoms with van der Waals surface area (Å²) in [5, 5.41) is 7.59. The van der Waals surface area contributed by atoms with Crippen molar-refractivity contribution in [1.82, 2.24) is 19.7 Å². The minimum absolute atomic E-state index is 0.0196. The summed E-state index contributed by atoms with van der Waals surface area (Å²) in [6.45, 7) is 3.03. The van der Waals surface area contributed by atoms with Crippen LogP contribution >= 0.6 is 31.9 Å². The third kappa shape index (κ3) is 3.20. The van der Waals surface area contributed by atoms with Gasteiger partial charge < -0.3 is 10.2 Å². The molecule has 7 nitrogen and oxygen atoms in total. The van der Waals surface area contributed by atoms with Crippen LogP contribution in [-0.2, 0) is 25.9 Å². The first-order valence-corrected chi connectivity index (χ1v) is 11.2. The van der Waals surface area contributed by atoms with E-state index in [1.165, 1.54) is 12.1 Å². The predicted octanol–water partition coefficient (Wildman–Crippen LogP) is 4.01. The molecule has 2 aliphatic heterocycles. The quantitative estimate of drug-likeness (QED) is 0.491. The van der Waals surface area contributed by atoms with E-state index in [0.717, 1.165) is 22.4 Å². The highest BCUT2D eigenvalue weighted by Crippen LogP contribution is 2.52. The van der Waals surface area contributed by atoms with Crippen molar-refractivity contribution >= 4 is 49.5 Å². The summed E-state index contributed by atoms with van der Waals surface area (Å²) in [6.07, 6.45) is 1.62. The van der Waals surface area contributed by atoms with Gasteiger partial charge in [-0.25, -0.2) is 9.37 Å². The monoisotopic (exact) mass is 547 g/mol. The number of hydrogen-bond donors (Lipinski definition) is 1. The van der Waals surface area contributed by atoms with Crippen LogP contribution in [0.25, 0.3) is 22.4 Å². The first kappa shape index (κ1) is 20.3. The van der Waals surface area contributed by atoms with Crippen molar-refractivity contribution in [1.29, 1.82) is 0 Å². The molecular weight excluding hydrogens is 533 g/mol. The fourth-order valence-electron chi connectivity index (χ4n) is 4.06. The van der Waals surface area contributed by atoms with Gasteiger partial charge in [0.25, 0.3) is 5.91 Å². The molecule has 2 amide bonds. The van der Waals surface area contributed by atoms with E-state index >= 15 is 0 Å². The minimum atomic E-state index is -1.15. The number of amides is 2. The molecule has 0 fully saturated rings. The van der Waals surface area contributed by atoms with E-state index in [4.69, 9.17) is 5.10 Å². The number of aromatic nitrogens is 3. The SMILES string of the molecule is CC(=O)N1CCn2nc(-c3ccc(F)cc3)c(-c3ccnc4c3C(Br)(Br)C(=O)N4)c2C1. The highest BCUT2D eigenvalue weighted by Gasteiger charge is 2.46. The van der Waals surface area contributed by atoms with Crippen LogP contribution in [0.2, 0.25) is 0 Å². The smallest absolute Gasteiger partial charge is 0.258 e. The van der Waals surface area contributed by atoms with Gasteiger partial charge in [-0.05, 0) is 35.9 Å². The number of rotatable bonds is 2. The lowest BCUT2D eigenvalue weighted by atomic mass is 9.94. The van der Waals surface area contributed by atoms with Crippen LogP contribution in [0.15, 0.2) is 36.5 Å². The molecule has 4 heterocycles. The molecule has 158 valence electrons. The highest BCUT2D eigenvalue weighted by molar-refractivity contribution is 9.25. The molecule has 10 heteroatoms. The second-order valence-electron chi connectivity index (χ2n) is 7.45. The highest BCUT2D eigenvalue weighted by atomic mass is 79.9. The molecular formula is C21H16Br2FN5O2. The van der Waals surface area contributed by atoms with Gasteiger partial charge in [-0.2, -0.15) is 5.10 Å². The molecule has 0 spiro atoms. The summed E-state index contributed by atoms with van der Waals surface area (Å²) in [4.78, 5) is 30.7. The van der Waals surface area contributed by atoms with Gasteiger partial charge in [-0.3, -0.25) is 14.3 Å². The van der Waals surface area contributed by atoms with Crippen molar-refractivity contribution in [3.63, 3.8) is 0 Å². The molecule has 0 radical (unpaired) electrons. The number of anilines is 1. The lowest BCUT2D eigenvalue weighted by Crippen LogP contribution is -2.37. The van der Waals surface area contributed by atoms with E-state index in [1.54, 1.807) is 30.2 Å². The van der Waals surface area contributed by atoms with Crippen LogP contribution in [0.1, 0.15) is 18.2 Å². The molecule has 2 aliphatic rings. The van der Waals surface area contributed by atoms with Crippen LogP contribution in [0.3, 0.4) is 0 Å². The molecule has 2 aromatic heterocycles. The fraction of sp³-hybridized carbons (Fsp3) is 0.238. The molecule has 1 aromatic carbocycles. The zero-order chi connectivity index (χ0) is 21.9. The van der Waals surface area contributed by atoms with Crippen molar-refractivity contribution in [2.45, 2.75) is 23.2 Å². The van der Waals surface area contributed by atoms with E-state index in [2.05, 4.69) is 42.2 Å². The normalized spacial score (nSPS) is 16.6. The third-order valence-corrected chi connectivity index (χ3v) is 7.11. The average molecular weight is 549 g/mol. The summed E-state index contributed by atoms with van der Waals surface area (Å²) in [7, 11) is 0. The van der Waals surface area contributed by atoms with E-state index in [9.17, 15) is 14.0 Å². The Balaban J connectivity index is 1.79. The number of fused-ring (bicyclic) bond motifs is 2. The molecule has 5 rings (SSSR count). The van der Waals surface area contributed by atoms with Crippen molar-refractivity contribution in [3.8, 4) is 22.4 Å². The van der Waals surface area contributed by atoms with E-state index in [-0.39, 0.29) is 17.6 Å². The first-order valence-electron chi connectivity index (χ1n) is 9.57. The molecule has 0 saturated heterocycles. The van der Waals surface area contributed by atoms with Gasteiger partial charge in [-0.1, -0.05) is 31.9 Å². The molecule has 0 aliphatic carbocycles. The van der Waals surface area contributed by atoms with E-state index in [0.29, 0.717) is 36.7 Å². The Labute approximate surface area is 193 Å².